The molecule has 0 bridgehead atoms. The lowest BCUT2D eigenvalue weighted by Crippen LogP contribution is -2.38. The van der Waals surface area contributed by atoms with Crippen LogP contribution >= 0.6 is 24.0 Å². The number of hydrogen-bond donors (Lipinski definition) is 1. The molecule has 154 valence electrons. The van der Waals surface area contributed by atoms with Crippen LogP contribution in [0.4, 0.5) is 8.78 Å². The zero-order chi connectivity index (χ0) is 18.8. The molecule has 5 nitrogen and oxygen atoms in total. The molecule has 1 saturated carbocycles. The van der Waals surface area contributed by atoms with Gasteiger partial charge in [0.25, 0.3) is 0 Å². The van der Waals surface area contributed by atoms with Gasteiger partial charge in [0.2, 0.25) is 0 Å². The zero-order valence-corrected chi connectivity index (χ0v) is 18.3. The molecule has 1 aliphatic carbocycles. The molecule has 1 fully saturated rings. The molecule has 0 unspecified atom stereocenters. The monoisotopic (exact) mass is 497 g/mol. The summed E-state index contributed by atoms with van der Waals surface area (Å²) in [7, 11) is 1.95. The van der Waals surface area contributed by atoms with Crippen molar-refractivity contribution < 1.29 is 18.3 Å². The summed E-state index contributed by atoms with van der Waals surface area (Å²) in [5.74, 6) is 1.78. The first-order valence-corrected chi connectivity index (χ1v) is 9.19. The molecule has 27 heavy (non-hydrogen) atoms. The number of nitrogens with zero attached hydrogens (tertiary/aromatic N) is 2. The van der Waals surface area contributed by atoms with E-state index in [9.17, 15) is 8.78 Å². The normalized spacial score (nSPS) is 14.0. The Bertz CT molecular complexity index is 554. The van der Waals surface area contributed by atoms with E-state index in [1.807, 2.05) is 18.9 Å². The number of ether oxygens (including phenoxy) is 2. The van der Waals surface area contributed by atoms with Crippen LogP contribution < -0.4 is 10.1 Å². The van der Waals surface area contributed by atoms with Crippen molar-refractivity contribution in [2.24, 2.45) is 10.9 Å². The van der Waals surface area contributed by atoms with Gasteiger partial charge in [0.05, 0.1) is 0 Å². The first kappa shape index (κ1) is 23.9. The number of halogens is 3. The Morgan fingerprint density at radius 3 is 2.59 bits per heavy atom. The van der Waals surface area contributed by atoms with Crippen molar-refractivity contribution in [1.82, 2.24) is 10.2 Å². The van der Waals surface area contributed by atoms with E-state index in [1.54, 1.807) is 24.3 Å². The molecule has 0 saturated heterocycles. The highest BCUT2D eigenvalue weighted by Gasteiger charge is 2.20. The summed E-state index contributed by atoms with van der Waals surface area (Å²) in [6, 6.07) is 6.67. The van der Waals surface area contributed by atoms with Crippen molar-refractivity contribution >= 4 is 29.9 Å². The van der Waals surface area contributed by atoms with Crippen LogP contribution in [-0.4, -0.2) is 50.8 Å². The summed E-state index contributed by atoms with van der Waals surface area (Å²) in [5.41, 5.74) is 0.993. The summed E-state index contributed by atoms with van der Waals surface area (Å²) in [5, 5.41) is 3.27. The molecular formula is C19H30F2IN3O2. The molecule has 1 aliphatic rings. The van der Waals surface area contributed by atoms with Crippen LogP contribution in [-0.2, 0) is 11.3 Å². The number of hydrogen-bond acceptors (Lipinski definition) is 3. The Kier molecular flexibility index (Phi) is 11.6. The topological polar surface area (TPSA) is 46.1 Å². The Morgan fingerprint density at radius 1 is 1.30 bits per heavy atom. The maximum absolute atomic E-state index is 12.2. The highest BCUT2D eigenvalue weighted by molar-refractivity contribution is 14.0. The fraction of sp³-hybridized carbons (Fsp3) is 0.632. The fourth-order valence-corrected chi connectivity index (χ4v) is 2.48. The van der Waals surface area contributed by atoms with Crippen molar-refractivity contribution in [3.63, 3.8) is 0 Å². The van der Waals surface area contributed by atoms with Crippen LogP contribution in [0, 0.1) is 5.92 Å². The third kappa shape index (κ3) is 10.1. The lowest BCUT2D eigenvalue weighted by atomic mass is 10.2. The maximum Gasteiger partial charge on any atom is 0.387 e. The summed E-state index contributed by atoms with van der Waals surface area (Å²) in [6.45, 7) is 2.96. The van der Waals surface area contributed by atoms with Crippen molar-refractivity contribution in [2.45, 2.75) is 39.3 Å². The first-order valence-electron chi connectivity index (χ1n) is 9.19. The summed E-state index contributed by atoms with van der Waals surface area (Å²) < 4.78 is 34.4. The average Bonchev–Trinajstić information content (AvgIpc) is 3.42. The van der Waals surface area contributed by atoms with Crippen LogP contribution in [0.25, 0.3) is 0 Å². The zero-order valence-electron chi connectivity index (χ0n) is 16.0. The molecule has 0 spiro atoms. The van der Waals surface area contributed by atoms with Gasteiger partial charge in [-0.05, 0) is 49.8 Å². The van der Waals surface area contributed by atoms with Gasteiger partial charge in [0.1, 0.15) is 5.75 Å². The largest absolute Gasteiger partial charge is 0.435 e. The Morgan fingerprint density at radius 2 is 2.00 bits per heavy atom. The van der Waals surface area contributed by atoms with Crippen molar-refractivity contribution in [3.05, 3.63) is 29.8 Å². The van der Waals surface area contributed by atoms with Crippen LogP contribution in [0.1, 0.15) is 31.7 Å². The van der Waals surface area contributed by atoms with Gasteiger partial charge in [0, 0.05) is 39.9 Å². The molecule has 0 amide bonds. The van der Waals surface area contributed by atoms with Gasteiger partial charge in [-0.15, -0.1) is 24.0 Å². The number of nitrogens with one attached hydrogen (secondary N) is 1. The van der Waals surface area contributed by atoms with E-state index >= 15 is 0 Å². The smallest absolute Gasteiger partial charge is 0.387 e. The molecule has 0 radical (unpaired) electrons. The van der Waals surface area contributed by atoms with Gasteiger partial charge >= 0.3 is 6.61 Å². The van der Waals surface area contributed by atoms with E-state index in [0.717, 1.165) is 43.6 Å². The minimum Gasteiger partial charge on any atom is -0.435 e. The minimum atomic E-state index is -2.80. The number of alkyl halides is 2. The van der Waals surface area contributed by atoms with Gasteiger partial charge in [-0.2, -0.15) is 8.78 Å². The number of aliphatic imine (C=N–C) groups is 1. The van der Waals surface area contributed by atoms with Gasteiger partial charge in [-0.1, -0.05) is 12.1 Å². The summed E-state index contributed by atoms with van der Waals surface area (Å²) >= 11 is 0. The first-order chi connectivity index (χ1) is 12.6. The fourth-order valence-electron chi connectivity index (χ4n) is 2.48. The summed E-state index contributed by atoms with van der Waals surface area (Å²) in [4.78, 5) is 6.64. The SMILES string of the molecule is CCNC(=NCCCOCC1CC1)N(C)Cc1ccc(OC(F)F)cc1.I. The average molecular weight is 497 g/mol. The predicted molar refractivity (Wildman–Crippen MR) is 114 cm³/mol. The minimum absolute atomic E-state index is 0. The van der Waals surface area contributed by atoms with Crippen molar-refractivity contribution in [2.75, 3.05) is 33.4 Å². The molecule has 8 heteroatoms. The molecule has 2 rings (SSSR count). The maximum atomic E-state index is 12.2. The van der Waals surface area contributed by atoms with Crippen LogP contribution in [0.5, 0.6) is 5.75 Å². The van der Waals surface area contributed by atoms with Gasteiger partial charge in [0.15, 0.2) is 5.96 Å². The second-order valence-electron chi connectivity index (χ2n) is 6.49. The highest BCUT2D eigenvalue weighted by Crippen LogP contribution is 2.28. The Labute approximate surface area is 177 Å². The predicted octanol–water partition coefficient (Wildman–Crippen LogP) is 4.12. The van der Waals surface area contributed by atoms with E-state index < -0.39 is 6.61 Å². The lowest BCUT2D eigenvalue weighted by molar-refractivity contribution is -0.0498. The molecular weight excluding hydrogens is 467 g/mol. The van der Waals surface area contributed by atoms with E-state index in [0.29, 0.717) is 13.1 Å². The van der Waals surface area contributed by atoms with Gasteiger partial charge in [-0.25, -0.2) is 0 Å². The second-order valence-corrected chi connectivity index (χ2v) is 6.49. The molecule has 0 aromatic heterocycles. The third-order valence-electron chi connectivity index (χ3n) is 4.02. The highest BCUT2D eigenvalue weighted by atomic mass is 127. The van der Waals surface area contributed by atoms with Gasteiger partial charge in [-0.3, -0.25) is 4.99 Å². The molecule has 1 N–H and O–H groups in total. The van der Waals surface area contributed by atoms with Crippen LogP contribution in [0.15, 0.2) is 29.3 Å². The Balaban J connectivity index is 0.00000364. The number of rotatable bonds is 11. The lowest BCUT2D eigenvalue weighted by Gasteiger charge is -2.22. The molecule has 1 aromatic rings. The quantitative estimate of drug-likeness (QED) is 0.216. The van der Waals surface area contributed by atoms with Crippen molar-refractivity contribution in [1.29, 1.82) is 0 Å². The third-order valence-corrected chi connectivity index (χ3v) is 4.02. The molecule has 0 heterocycles. The van der Waals surface area contributed by atoms with E-state index in [1.165, 1.54) is 12.8 Å². The van der Waals surface area contributed by atoms with E-state index in [-0.39, 0.29) is 29.7 Å². The summed E-state index contributed by atoms with van der Waals surface area (Å²) in [6.07, 6.45) is 3.51. The Hall–Kier alpha value is -1.16. The molecule has 1 aromatic carbocycles. The number of benzene rings is 1. The standard InChI is InChI=1S/C19H29F2N3O2.HI/c1-3-22-19(23-11-4-12-25-14-16-5-6-16)24(2)13-15-7-9-17(10-8-15)26-18(20)21;/h7-10,16,18H,3-6,11-14H2,1-2H3,(H,22,23);1H. The molecule has 0 aliphatic heterocycles. The number of guanidine groups is 1. The van der Waals surface area contributed by atoms with Crippen LogP contribution in [0.3, 0.4) is 0 Å². The van der Waals surface area contributed by atoms with Crippen molar-refractivity contribution in [3.8, 4) is 5.75 Å². The van der Waals surface area contributed by atoms with Crippen LogP contribution in [0.2, 0.25) is 0 Å². The molecule has 0 atom stereocenters. The second kappa shape index (κ2) is 13.1. The van der Waals surface area contributed by atoms with E-state index in [2.05, 4.69) is 15.0 Å². The van der Waals surface area contributed by atoms with Gasteiger partial charge < -0.3 is 19.7 Å². The van der Waals surface area contributed by atoms with E-state index in [4.69, 9.17) is 4.74 Å².